The molecule has 0 fully saturated rings. The highest BCUT2D eigenvalue weighted by Gasteiger charge is 2.13. The topological polar surface area (TPSA) is 55.1 Å². The number of amides is 1. The second kappa shape index (κ2) is 4.68. The maximum atomic E-state index is 11.8. The predicted molar refractivity (Wildman–Crippen MR) is 68.9 cm³/mol. The molecule has 0 aliphatic rings. The molecule has 2 rings (SSSR count). The summed E-state index contributed by atoms with van der Waals surface area (Å²) in [6, 6.07) is 3.41. The van der Waals surface area contributed by atoms with E-state index in [9.17, 15) is 4.79 Å². The third-order valence-electron chi connectivity index (χ3n) is 1.74. The molecule has 0 aliphatic carbocycles. The van der Waals surface area contributed by atoms with Crippen molar-refractivity contribution in [1.29, 1.82) is 0 Å². The van der Waals surface area contributed by atoms with Gasteiger partial charge >= 0.3 is 0 Å². The van der Waals surface area contributed by atoms with Gasteiger partial charge in [-0.15, -0.1) is 11.3 Å². The number of carbonyl (C=O) groups excluding carboxylic acids is 1. The Bertz CT molecular complexity index is 516. The number of hydrogen-bond donors (Lipinski definition) is 1. The SMILES string of the molecule is Cc1cc(NC(=O)c2cc(Br)c(Br)s2)no1. The molecule has 84 valence electrons. The molecule has 1 N–H and O–H groups in total. The van der Waals surface area contributed by atoms with Crippen LogP contribution in [-0.2, 0) is 0 Å². The normalized spacial score (nSPS) is 10.4. The maximum Gasteiger partial charge on any atom is 0.267 e. The summed E-state index contributed by atoms with van der Waals surface area (Å²) in [7, 11) is 0. The summed E-state index contributed by atoms with van der Waals surface area (Å²) in [4.78, 5) is 12.4. The lowest BCUT2D eigenvalue weighted by Gasteiger charge is -1.96. The van der Waals surface area contributed by atoms with Gasteiger partial charge in [0.15, 0.2) is 5.82 Å². The predicted octanol–water partition coefficient (Wildman–Crippen LogP) is 3.82. The molecule has 2 aromatic rings. The Morgan fingerprint density at radius 2 is 2.25 bits per heavy atom. The minimum Gasteiger partial charge on any atom is -0.360 e. The van der Waals surface area contributed by atoms with E-state index in [1.54, 1.807) is 19.1 Å². The fourth-order valence-corrected chi connectivity index (χ4v) is 2.99. The number of rotatable bonds is 2. The van der Waals surface area contributed by atoms with E-state index in [2.05, 4.69) is 42.3 Å². The third kappa shape index (κ3) is 2.53. The Hall–Kier alpha value is -0.660. The standard InChI is InChI=1S/C9H6Br2N2O2S/c1-4-2-7(13-15-4)12-9(14)6-3-5(10)8(11)16-6/h2-3H,1H3,(H,12,13,14). The van der Waals surface area contributed by atoms with Gasteiger partial charge in [-0.25, -0.2) is 0 Å². The van der Waals surface area contributed by atoms with Gasteiger partial charge in [0, 0.05) is 10.5 Å². The van der Waals surface area contributed by atoms with Crippen molar-refractivity contribution in [2.75, 3.05) is 5.32 Å². The van der Waals surface area contributed by atoms with Crippen molar-refractivity contribution in [2.45, 2.75) is 6.92 Å². The van der Waals surface area contributed by atoms with Crippen LogP contribution in [0, 0.1) is 6.92 Å². The van der Waals surface area contributed by atoms with Crippen molar-refractivity contribution >= 4 is 54.9 Å². The minimum atomic E-state index is -0.204. The summed E-state index contributed by atoms with van der Waals surface area (Å²) < 4.78 is 6.59. The van der Waals surface area contributed by atoms with Crippen LogP contribution in [0.2, 0.25) is 0 Å². The van der Waals surface area contributed by atoms with Crippen molar-refractivity contribution < 1.29 is 9.32 Å². The van der Waals surface area contributed by atoms with Gasteiger partial charge in [-0.1, -0.05) is 5.16 Å². The molecule has 7 heteroatoms. The first kappa shape index (κ1) is 11.8. The molecule has 16 heavy (non-hydrogen) atoms. The van der Waals surface area contributed by atoms with Crippen LogP contribution < -0.4 is 5.32 Å². The van der Waals surface area contributed by atoms with Crippen molar-refractivity contribution in [1.82, 2.24) is 5.16 Å². The van der Waals surface area contributed by atoms with E-state index in [0.29, 0.717) is 16.5 Å². The van der Waals surface area contributed by atoms with Crippen molar-refractivity contribution in [2.24, 2.45) is 0 Å². The lowest BCUT2D eigenvalue weighted by molar-refractivity contribution is 0.102. The van der Waals surface area contributed by atoms with E-state index in [-0.39, 0.29) is 5.91 Å². The molecule has 2 heterocycles. The van der Waals surface area contributed by atoms with Gasteiger partial charge in [0.2, 0.25) is 0 Å². The Kier molecular flexibility index (Phi) is 3.46. The minimum absolute atomic E-state index is 0.204. The lowest BCUT2D eigenvalue weighted by atomic mass is 10.4. The molecule has 0 spiro atoms. The highest BCUT2D eigenvalue weighted by atomic mass is 79.9. The number of nitrogens with zero attached hydrogens (tertiary/aromatic N) is 1. The van der Waals surface area contributed by atoms with E-state index < -0.39 is 0 Å². The van der Waals surface area contributed by atoms with E-state index >= 15 is 0 Å². The summed E-state index contributed by atoms with van der Waals surface area (Å²) >= 11 is 8.00. The van der Waals surface area contributed by atoms with Crippen LogP contribution in [-0.4, -0.2) is 11.1 Å². The maximum absolute atomic E-state index is 11.8. The molecule has 2 aromatic heterocycles. The van der Waals surface area contributed by atoms with Crippen LogP contribution in [0.25, 0.3) is 0 Å². The molecule has 0 aromatic carbocycles. The molecular weight excluding hydrogens is 360 g/mol. The number of hydrogen-bond acceptors (Lipinski definition) is 4. The number of anilines is 1. The van der Waals surface area contributed by atoms with Gasteiger partial charge in [0.25, 0.3) is 5.91 Å². The summed E-state index contributed by atoms with van der Waals surface area (Å²) in [5.74, 6) is 0.872. The summed E-state index contributed by atoms with van der Waals surface area (Å²) in [5, 5.41) is 6.33. The number of aromatic nitrogens is 1. The largest absolute Gasteiger partial charge is 0.360 e. The number of thiophene rings is 1. The van der Waals surface area contributed by atoms with Crippen LogP contribution >= 0.6 is 43.2 Å². The molecule has 0 unspecified atom stereocenters. The van der Waals surface area contributed by atoms with Gasteiger partial charge < -0.3 is 9.84 Å². The smallest absolute Gasteiger partial charge is 0.267 e. The molecule has 4 nitrogen and oxygen atoms in total. The van der Waals surface area contributed by atoms with Gasteiger partial charge in [0.1, 0.15) is 5.76 Å². The van der Waals surface area contributed by atoms with E-state index in [1.165, 1.54) is 11.3 Å². The van der Waals surface area contributed by atoms with Gasteiger partial charge in [-0.05, 0) is 44.8 Å². The highest BCUT2D eigenvalue weighted by molar-refractivity contribution is 9.13. The number of aryl methyl sites for hydroxylation is 1. The van der Waals surface area contributed by atoms with Gasteiger partial charge in [0.05, 0.1) is 8.66 Å². The monoisotopic (exact) mass is 364 g/mol. The van der Waals surface area contributed by atoms with Crippen LogP contribution in [0.15, 0.2) is 24.9 Å². The summed E-state index contributed by atoms with van der Waals surface area (Å²) in [6.07, 6.45) is 0. The molecule has 0 bridgehead atoms. The zero-order valence-corrected chi connectivity index (χ0v) is 12.1. The Morgan fingerprint density at radius 3 is 2.75 bits per heavy atom. The second-order valence-corrected chi connectivity index (χ2v) is 6.23. The van der Waals surface area contributed by atoms with Crippen LogP contribution in [0.3, 0.4) is 0 Å². The molecule has 0 atom stereocenters. The Balaban J connectivity index is 2.14. The molecule has 0 aliphatic heterocycles. The number of nitrogens with one attached hydrogen (secondary N) is 1. The molecular formula is C9H6Br2N2O2S. The van der Waals surface area contributed by atoms with Crippen LogP contribution in [0.5, 0.6) is 0 Å². The van der Waals surface area contributed by atoms with Gasteiger partial charge in [-0.3, -0.25) is 4.79 Å². The molecule has 0 saturated heterocycles. The average molecular weight is 366 g/mol. The third-order valence-corrected chi connectivity index (χ3v) is 4.99. The first-order valence-electron chi connectivity index (χ1n) is 4.26. The first-order chi connectivity index (χ1) is 7.56. The quantitative estimate of drug-likeness (QED) is 0.879. The second-order valence-electron chi connectivity index (χ2n) is 3.01. The van der Waals surface area contributed by atoms with E-state index in [1.807, 2.05) is 0 Å². The van der Waals surface area contributed by atoms with Crippen molar-refractivity contribution in [3.63, 3.8) is 0 Å². The zero-order chi connectivity index (χ0) is 11.7. The summed E-state index contributed by atoms with van der Waals surface area (Å²) in [6.45, 7) is 1.76. The zero-order valence-electron chi connectivity index (χ0n) is 8.08. The molecule has 0 radical (unpaired) electrons. The average Bonchev–Trinajstić information content (AvgIpc) is 2.75. The van der Waals surface area contributed by atoms with Crippen LogP contribution in [0.4, 0.5) is 5.82 Å². The Morgan fingerprint density at radius 1 is 1.50 bits per heavy atom. The van der Waals surface area contributed by atoms with Crippen LogP contribution in [0.1, 0.15) is 15.4 Å². The molecule has 0 saturated carbocycles. The van der Waals surface area contributed by atoms with E-state index in [4.69, 9.17) is 4.52 Å². The number of halogens is 2. The van der Waals surface area contributed by atoms with Gasteiger partial charge in [-0.2, -0.15) is 0 Å². The van der Waals surface area contributed by atoms with Crippen molar-refractivity contribution in [3.8, 4) is 0 Å². The lowest BCUT2D eigenvalue weighted by Crippen LogP contribution is -2.10. The fraction of sp³-hybridized carbons (Fsp3) is 0.111. The number of carbonyl (C=O) groups is 1. The first-order valence-corrected chi connectivity index (χ1v) is 6.66. The summed E-state index contributed by atoms with van der Waals surface area (Å²) in [5.41, 5.74) is 0. The van der Waals surface area contributed by atoms with E-state index in [0.717, 1.165) is 8.26 Å². The van der Waals surface area contributed by atoms with Crippen molar-refractivity contribution in [3.05, 3.63) is 31.0 Å². The Labute approximate surface area is 112 Å². The molecule has 1 amide bonds. The highest BCUT2D eigenvalue weighted by Crippen LogP contribution is 2.32. The fourth-order valence-electron chi connectivity index (χ4n) is 1.06.